The molecule has 46 heavy (non-hydrogen) atoms. The van der Waals surface area contributed by atoms with Crippen molar-refractivity contribution in [3.63, 3.8) is 0 Å². The molecule has 0 spiro atoms. The third-order valence-electron chi connectivity index (χ3n) is 10.6. The van der Waals surface area contributed by atoms with Crippen LogP contribution in [0.2, 0.25) is 0 Å². The van der Waals surface area contributed by atoms with Gasteiger partial charge in [-0.1, -0.05) is 102 Å². The van der Waals surface area contributed by atoms with E-state index < -0.39 is 0 Å². The highest BCUT2D eigenvalue weighted by molar-refractivity contribution is 6.22. The quantitative estimate of drug-likeness (QED) is 0.187. The highest BCUT2D eigenvalue weighted by atomic mass is 15.1. The minimum atomic E-state index is 0.122. The number of piperidine rings is 2. The number of fused-ring (bicyclic) bond motifs is 2. The van der Waals surface area contributed by atoms with Crippen LogP contribution < -0.4 is 9.80 Å². The summed E-state index contributed by atoms with van der Waals surface area (Å²) >= 11 is 0. The number of anilines is 2. The molecule has 2 saturated heterocycles. The second-order valence-electron chi connectivity index (χ2n) is 16.0. The van der Waals surface area contributed by atoms with E-state index in [1.54, 1.807) is 0 Å². The van der Waals surface area contributed by atoms with Crippen LogP contribution in [0.1, 0.15) is 91.2 Å². The van der Waals surface area contributed by atoms with Crippen molar-refractivity contribution < 1.29 is 0 Å². The standard InChI is InChI=1S/C44H52N2/c1-43(2,3)33-17-13-31(14-18-33)41-37-23-21-36(46-27-11-8-12-28-46)30-40(37)42(32-15-19-34(20-16-32)44(4,5)6)38-24-22-35(29-39(38)41)45-25-9-7-10-26-45/h13-24,29-30H,7-12,25-28H2,1-6H3. The van der Waals surface area contributed by atoms with E-state index in [4.69, 9.17) is 0 Å². The normalized spacial score (nSPS) is 16.4. The third-order valence-corrected chi connectivity index (χ3v) is 10.6. The second kappa shape index (κ2) is 12.1. The highest BCUT2D eigenvalue weighted by Gasteiger charge is 2.22. The summed E-state index contributed by atoms with van der Waals surface area (Å²) in [7, 11) is 0. The van der Waals surface area contributed by atoms with Gasteiger partial charge in [-0.05, 0) is 129 Å². The van der Waals surface area contributed by atoms with Crippen molar-refractivity contribution in [3.8, 4) is 22.3 Å². The molecule has 2 heterocycles. The average molecular weight is 609 g/mol. The molecule has 5 aromatic carbocycles. The molecule has 2 nitrogen and oxygen atoms in total. The van der Waals surface area contributed by atoms with Crippen LogP contribution in [0.25, 0.3) is 43.8 Å². The minimum absolute atomic E-state index is 0.122. The molecule has 0 amide bonds. The minimum Gasteiger partial charge on any atom is -0.372 e. The summed E-state index contributed by atoms with van der Waals surface area (Å²) < 4.78 is 0. The van der Waals surface area contributed by atoms with Crippen LogP contribution in [0.15, 0.2) is 84.9 Å². The van der Waals surface area contributed by atoms with Crippen LogP contribution in [0.3, 0.4) is 0 Å². The maximum absolute atomic E-state index is 2.61. The molecule has 2 aliphatic rings. The van der Waals surface area contributed by atoms with Gasteiger partial charge >= 0.3 is 0 Å². The molecular weight excluding hydrogens is 556 g/mol. The number of rotatable bonds is 4. The lowest BCUT2D eigenvalue weighted by Crippen LogP contribution is -2.29. The first-order valence-electron chi connectivity index (χ1n) is 17.8. The molecule has 5 aromatic rings. The molecule has 238 valence electrons. The van der Waals surface area contributed by atoms with E-state index in [0.717, 1.165) is 26.2 Å². The predicted molar refractivity (Wildman–Crippen MR) is 202 cm³/mol. The molecule has 0 unspecified atom stereocenters. The van der Waals surface area contributed by atoms with Gasteiger partial charge in [-0.15, -0.1) is 0 Å². The Morgan fingerprint density at radius 3 is 1.07 bits per heavy atom. The first-order valence-corrected chi connectivity index (χ1v) is 17.8. The smallest absolute Gasteiger partial charge is 0.0372 e. The van der Waals surface area contributed by atoms with Gasteiger partial charge < -0.3 is 9.80 Å². The van der Waals surface area contributed by atoms with E-state index in [0.29, 0.717) is 0 Å². The predicted octanol–water partition coefficient (Wildman–Crippen LogP) is 11.9. The summed E-state index contributed by atoms with van der Waals surface area (Å²) in [6.45, 7) is 18.4. The van der Waals surface area contributed by atoms with Gasteiger partial charge in [0, 0.05) is 37.6 Å². The Labute approximate surface area is 277 Å². The van der Waals surface area contributed by atoms with Gasteiger partial charge in [-0.2, -0.15) is 0 Å². The molecule has 0 aromatic heterocycles. The summed E-state index contributed by atoms with van der Waals surface area (Å²) in [5.41, 5.74) is 11.1. The fraction of sp³-hybridized carbons (Fsp3) is 0.409. The molecule has 0 aliphatic carbocycles. The summed E-state index contributed by atoms with van der Waals surface area (Å²) in [6.07, 6.45) is 7.80. The summed E-state index contributed by atoms with van der Waals surface area (Å²) in [5, 5.41) is 5.42. The first-order chi connectivity index (χ1) is 22.1. The molecule has 7 rings (SSSR count). The van der Waals surface area contributed by atoms with Gasteiger partial charge in [0.1, 0.15) is 0 Å². The molecular formula is C44H52N2. The SMILES string of the molecule is CC(C)(C)c1ccc(-c2c3ccc(N4CCCCC4)cc3c(-c3ccc(C(C)(C)C)cc3)c3ccc(N4CCCCC4)cc23)cc1. The molecule has 2 fully saturated rings. The number of nitrogens with zero attached hydrogens (tertiary/aromatic N) is 2. The number of hydrogen-bond acceptors (Lipinski definition) is 2. The Hall–Kier alpha value is -3.78. The van der Waals surface area contributed by atoms with Crippen molar-refractivity contribution in [2.24, 2.45) is 0 Å². The maximum Gasteiger partial charge on any atom is 0.0372 e. The Kier molecular flexibility index (Phi) is 8.12. The van der Waals surface area contributed by atoms with Gasteiger partial charge in [0.15, 0.2) is 0 Å². The molecule has 0 N–H and O–H groups in total. The van der Waals surface area contributed by atoms with Crippen molar-refractivity contribution in [1.29, 1.82) is 0 Å². The summed E-state index contributed by atoms with van der Waals surface area (Å²) in [6, 6.07) is 33.6. The topological polar surface area (TPSA) is 6.48 Å². The first kappa shape index (κ1) is 30.9. The molecule has 0 bridgehead atoms. The zero-order chi connectivity index (χ0) is 32.1. The Morgan fingerprint density at radius 2 is 0.739 bits per heavy atom. The van der Waals surface area contributed by atoms with Crippen molar-refractivity contribution in [2.45, 2.75) is 90.9 Å². The van der Waals surface area contributed by atoms with Crippen molar-refractivity contribution in [1.82, 2.24) is 0 Å². The fourth-order valence-electron chi connectivity index (χ4n) is 7.80. The largest absolute Gasteiger partial charge is 0.372 e. The van der Waals surface area contributed by atoms with Crippen molar-refractivity contribution in [2.75, 3.05) is 36.0 Å². The summed E-state index contributed by atoms with van der Waals surface area (Å²) in [4.78, 5) is 5.22. The Balaban J connectivity index is 1.53. The molecule has 0 atom stereocenters. The number of hydrogen-bond donors (Lipinski definition) is 0. The lowest BCUT2D eigenvalue weighted by Gasteiger charge is -2.30. The van der Waals surface area contributed by atoms with Crippen LogP contribution >= 0.6 is 0 Å². The van der Waals surface area contributed by atoms with E-state index in [-0.39, 0.29) is 10.8 Å². The van der Waals surface area contributed by atoms with Crippen LogP contribution in [0.4, 0.5) is 11.4 Å². The molecule has 0 saturated carbocycles. The van der Waals surface area contributed by atoms with Gasteiger partial charge in [0.2, 0.25) is 0 Å². The van der Waals surface area contributed by atoms with Crippen molar-refractivity contribution >= 4 is 32.9 Å². The van der Waals surface area contributed by atoms with Gasteiger partial charge in [-0.3, -0.25) is 0 Å². The highest BCUT2D eigenvalue weighted by Crippen LogP contribution is 2.46. The second-order valence-corrected chi connectivity index (χ2v) is 16.0. The molecule has 0 radical (unpaired) electrons. The van der Waals surface area contributed by atoms with Crippen LogP contribution in [0.5, 0.6) is 0 Å². The molecule has 2 aliphatic heterocycles. The van der Waals surface area contributed by atoms with E-state index in [1.165, 1.54) is 105 Å². The average Bonchev–Trinajstić information content (AvgIpc) is 3.07. The monoisotopic (exact) mass is 608 g/mol. The zero-order valence-corrected chi connectivity index (χ0v) is 29.0. The Morgan fingerprint density at radius 1 is 0.391 bits per heavy atom. The van der Waals surface area contributed by atoms with E-state index in [9.17, 15) is 0 Å². The van der Waals surface area contributed by atoms with Gasteiger partial charge in [0.05, 0.1) is 0 Å². The van der Waals surface area contributed by atoms with Crippen LogP contribution in [0, 0.1) is 0 Å². The van der Waals surface area contributed by atoms with E-state index in [1.807, 2.05) is 0 Å². The molecule has 2 heteroatoms. The number of benzene rings is 5. The van der Waals surface area contributed by atoms with Gasteiger partial charge in [0.25, 0.3) is 0 Å². The lowest BCUT2D eigenvalue weighted by molar-refractivity contribution is 0.578. The van der Waals surface area contributed by atoms with E-state index in [2.05, 4.69) is 136 Å². The van der Waals surface area contributed by atoms with Crippen molar-refractivity contribution in [3.05, 3.63) is 96.1 Å². The maximum atomic E-state index is 2.61. The fourth-order valence-corrected chi connectivity index (χ4v) is 7.80. The van der Waals surface area contributed by atoms with Gasteiger partial charge in [-0.25, -0.2) is 0 Å². The third kappa shape index (κ3) is 5.92. The lowest BCUT2D eigenvalue weighted by atomic mass is 9.82. The van der Waals surface area contributed by atoms with Crippen LogP contribution in [-0.4, -0.2) is 26.2 Å². The van der Waals surface area contributed by atoms with E-state index >= 15 is 0 Å². The summed E-state index contributed by atoms with van der Waals surface area (Å²) in [5.74, 6) is 0. The zero-order valence-electron chi connectivity index (χ0n) is 29.0. The Bertz CT molecular complexity index is 1700. The van der Waals surface area contributed by atoms with Crippen LogP contribution in [-0.2, 0) is 10.8 Å².